The average Bonchev–Trinajstić information content (AvgIpc) is 2.73. The van der Waals surface area contributed by atoms with Crippen molar-refractivity contribution in [3.63, 3.8) is 0 Å². The molecule has 1 N–H and O–H groups in total. The van der Waals surface area contributed by atoms with E-state index < -0.39 is 0 Å². The first-order chi connectivity index (χ1) is 8.72. The summed E-state index contributed by atoms with van der Waals surface area (Å²) in [7, 11) is 2.14. The molecule has 0 spiro atoms. The Morgan fingerprint density at radius 3 is 3.11 bits per heavy atom. The van der Waals surface area contributed by atoms with Crippen molar-refractivity contribution in [3.05, 3.63) is 23.5 Å². The predicted molar refractivity (Wildman–Crippen MR) is 69.6 cm³/mol. The van der Waals surface area contributed by atoms with E-state index in [-0.39, 0.29) is 12.2 Å². The van der Waals surface area contributed by atoms with Gasteiger partial charge in [0, 0.05) is 37.6 Å². The van der Waals surface area contributed by atoms with Crippen LogP contribution in [-0.4, -0.2) is 47.4 Å². The second kappa shape index (κ2) is 5.03. The molecule has 4 heteroatoms. The number of morpholine rings is 1. The van der Waals surface area contributed by atoms with Gasteiger partial charge in [-0.15, -0.1) is 0 Å². The van der Waals surface area contributed by atoms with Gasteiger partial charge in [-0.3, -0.25) is 0 Å². The molecule has 0 radical (unpaired) electrons. The third-order valence-corrected chi connectivity index (χ3v) is 4.04. The van der Waals surface area contributed by atoms with Gasteiger partial charge in [-0.05, 0) is 31.9 Å². The van der Waals surface area contributed by atoms with Crippen molar-refractivity contribution in [2.24, 2.45) is 0 Å². The molecule has 2 atom stereocenters. The lowest BCUT2D eigenvalue weighted by Gasteiger charge is -2.30. The summed E-state index contributed by atoms with van der Waals surface area (Å²) in [5.74, 6) is 0. The molecule has 2 aliphatic rings. The molecule has 1 aliphatic heterocycles. The lowest BCUT2D eigenvalue weighted by molar-refractivity contribution is -0.0274. The zero-order valence-electron chi connectivity index (χ0n) is 11.0. The molecule has 18 heavy (non-hydrogen) atoms. The first-order valence-corrected chi connectivity index (χ1v) is 6.89. The Kier molecular flexibility index (Phi) is 3.41. The van der Waals surface area contributed by atoms with Crippen molar-refractivity contribution in [2.75, 3.05) is 26.7 Å². The molecule has 1 aromatic rings. The molecular formula is C14H22N2O2. The van der Waals surface area contributed by atoms with Crippen LogP contribution in [-0.2, 0) is 17.7 Å². The second-order valence-electron chi connectivity index (χ2n) is 5.60. The van der Waals surface area contributed by atoms with Crippen LogP contribution < -0.4 is 0 Å². The topological polar surface area (TPSA) is 37.6 Å². The molecule has 1 aromatic heterocycles. The molecule has 0 aromatic carbocycles. The van der Waals surface area contributed by atoms with Crippen LogP contribution in [0.3, 0.4) is 0 Å². The van der Waals surface area contributed by atoms with Gasteiger partial charge in [-0.1, -0.05) is 0 Å². The smallest absolute Gasteiger partial charge is 0.0880 e. The maximum Gasteiger partial charge on any atom is 0.0880 e. The zero-order valence-corrected chi connectivity index (χ0v) is 11.0. The van der Waals surface area contributed by atoms with Gasteiger partial charge >= 0.3 is 0 Å². The summed E-state index contributed by atoms with van der Waals surface area (Å²) in [5.41, 5.74) is 2.45. The minimum absolute atomic E-state index is 0.259. The van der Waals surface area contributed by atoms with Crippen LogP contribution in [0.2, 0.25) is 0 Å². The van der Waals surface area contributed by atoms with Gasteiger partial charge in [0.1, 0.15) is 0 Å². The quantitative estimate of drug-likeness (QED) is 0.856. The summed E-state index contributed by atoms with van der Waals surface area (Å²) in [6.45, 7) is 3.73. The highest BCUT2D eigenvalue weighted by Gasteiger charge is 2.22. The van der Waals surface area contributed by atoms with E-state index in [0.717, 1.165) is 51.1 Å². The molecule has 0 bridgehead atoms. The van der Waals surface area contributed by atoms with Crippen molar-refractivity contribution < 1.29 is 9.84 Å². The van der Waals surface area contributed by atoms with Crippen LogP contribution in [0.4, 0.5) is 0 Å². The number of hydrogen-bond donors (Lipinski definition) is 1. The third-order valence-electron chi connectivity index (χ3n) is 4.04. The Labute approximate surface area is 108 Å². The Morgan fingerprint density at radius 1 is 1.44 bits per heavy atom. The van der Waals surface area contributed by atoms with E-state index in [1.807, 2.05) is 0 Å². The lowest BCUT2D eigenvalue weighted by Crippen LogP contribution is -2.41. The Hall–Kier alpha value is -0.840. The number of likely N-dealkylation sites (N-methyl/N-ethyl adjacent to an activating group) is 1. The van der Waals surface area contributed by atoms with E-state index >= 15 is 0 Å². The highest BCUT2D eigenvalue weighted by molar-refractivity contribution is 5.29. The van der Waals surface area contributed by atoms with E-state index in [1.165, 1.54) is 5.56 Å². The second-order valence-corrected chi connectivity index (χ2v) is 5.60. The standard InChI is InChI=1S/C14H22N2O2/c1-15-5-6-18-12(8-15)9-16-7-11-3-2-4-14(17)13(11)10-16/h7,10,12,14,17H,2-6,8-9H2,1H3. The van der Waals surface area contributed by atoms with Gasteiger partial charge in [-0.2, -0.15) is 0 Å². The van der Waals surface area contributed by atoms with E-state index in [1.54, 1.807) is 0 Å². The zero-order chi connectivity index (χ0) is 12.5. The fourth-order valence-corrected chi connectivity index (χ4v) is 3.04. The fourth-order valence-electron chi connectivity index (χ4n) is 3.04. The van der Waals surface area contributed by atoms with E-state index in [4.69, 9.17) is 4.74 Å². The van der Waals surface area contributed by atoms with Crippen LogP contribution in [0.15, 0.2) is 12.4 Å². The fraction of sp³-hybridized carbons (Fsp3) is 0.714. The summed E-state index contributed by atoms with van der Waals surface area (Å²) in [4.78, 5) is 2.31. The number of fused-ring (bicyclic) bond motifs is 1. The Morgan fingerprint density at radius 2 is 2.33 bits per heavy atom. The molecule has 0 saturated carbocycles. The van der Waals surface area contributed by atoms with Crippen molar-refractivity contribution in [1.82, 2.24) is 9.47 Å². The van der Waals surface area contributed by atoms with Crippen molar-refractivity contribution in [1.29, 1.82) is 0 Å². The Bertz CT molecular complexity index is 416. The number of aryl methyl sites for hydroxylation is 1. The first-order valence-electron chi connectivity index (χ1n) is 6.89. The molecular weight excluding hydrogens is 228 g/mol. The van der Waals surface area contributed by atoms with Crippen molar-refractivity contribution in [3.8, 4) is 0 Å². The van der Waals surface area contributed by atoms with Crippen LogP contribution in [0.1, 0.15) is 30.1 Å². The highest BCUT2D eigenvalue weighted by Crippen LogP contribution is 2.30. The maximum atomic E-state index is 9.97. The molecule has 4 nitrogen and oxygen atoms in total. The number of aliphatic hydroxyl groups excluding tert-OH is 1. The minimum Gasteiger partial charge on any atom is -0.388 e. The van der Waals surface area contributed by atoms with Crippen LogP contribution in [0, 0.1) is 0 Å². The van der Waals surface area contributed by atoms with Gasteiger partial charge in [0.2, 0.25) is 0 Å². The summed E-state index contributed by atoms with van der Waals surface area (Å²) in [5, 5.41) is 9.97. The normalized spacial score (nSPS) is 29.2. The number of hydrogen-bond acceptors (Lipinski definition) is 3. The molecule has 3 rings (SSSR count). The van der Waals surface area contributed by atoms with Gasteiger partial charge in [0.05, 0.1) is 18.8 Å². The summed E-state index contributed by atoms with van der Waals surface area (Å²) in [6.07, 6.45) is 7.41. The van der Waals surface area contributed by atoms with Gasteiger partial charge in [0.25, 0.3) is 0 Å². The summed E-state index contributed by atoms with van der Waals surface area (Å²) >= 11 is 0. The van der Waals surface area contributed by atoms with E-state index in [0.29, 0.717) is 0 Å². The van der Waals surface area contributed by atoms with Gasteiger partial charge in [-0.25, -0.2) is 0 Å². The largest absolute Gasteiger partial charge is 0.388 e. The molecule has 1 saturated heterocycles. The monoisotopic (exact) mass is 250 g/mol. The first kappa shape index (κ1) is 12.2. The van der Waals surface area contributed by atoms with Crippen LogP contribution >= 0.6 is 0 Å². The van der Waals surface area contributed by atoms with E-state index in [2.05, 4.69) is 28.9 Å². The SMILES string of the molecule is CN1CCOC(Cn2cc3c(c2)C(O)CCC3)C1. The molecule has 0 amide bonds. The number of nitrogens with zero attached hydrogens (tertiary/aromatic N) is 2. The van der Waals surface area contributed by atoms with E-state index in [9.17, 15) is 5.11 Å². The van der Waals surface area contributed by atoms with Gasteiger partial charge < -0.3 is 19.3 Å². The summed E-state index contributed by atoms with van der Waals surface area (Å²) < 4.78 is 7.98. The molecule has 1 aliphatic carbocycles. The van der Waals surface area contributed by atoms with Crippen molar-refractivity contribution >= 4 is 0 Å². The maximum absolute atomic E-state index is 9.97. The molecule has 100 valence electrons. The summed E-state index contributed by atoms with van der Waals surface area (Å²) in [6, 6.07) is 0. The predicted octanol–water partition coefficient (Wildman–Crippen LogP) is 1.19. The minimum atomic E-state index is -0.259. The molecule has 1 fully saturated rings. The third kappa shape index (κ3) is 2.46. The number of aromatic nitrogens is 1. The van der Waals surface area contributed by atoms with Crippen LogP contribution in [0.25, 0.3) is 0 Å². The number of rotatable bonds is 2. The average molecular weight is 250 g/mol. The Balaban J connectivity index is 1.69. The number of aliphatic hydroxyl groups is 1. The highest BCUT2D eigenvalue weighted by atomic mass is 16.5. The van der Waals surface area contributed by atoms with Crippen LogP contribution in [0.5, 0.6) is 0 Å². The van der Waals surface area contributed by atoms with Crippen molar-refractivity contribution in [2.45, 2.75) is 38.0 Å². The lowest BCUT2D eigenvalue weighted by atomic mass is 9.93. The molecule has 2 unspecified atom stereocenters. The molecule has 2 heterocycles. The van der Waals surface area contributed by atoms with Gasteiger partial charge in [0.15, 0.2) is 0 Å². The number of ether oxygens (including phenoxy) is 1.